The van der Waals surface area contributed by atoms with Crippen molar-refractivity contribution < 1.29 is 14.7 Å². The molecule has 2 N–H and O–H groups in total. The summed E-state index contributed by atoms with van der Waals surface area (Å²) in [7, 11) is 0. The number of hydrogen-bond donors (Lipinski definition) is 2. The smallest absolute Gasteiger partial charge is 0.338 e. The summed E-state index contributed by atoms with van der Waals surface area (Å²) < 4.78 is 0. The van der Waals surface area contributed by atoms with Gasteiger partial charge in [-0.15, -0.1) is 11.3 Å². The molecule has 2 rings (SSSR count). The number of aryl methyl sites for hydroxylation is 1. The van der Waals surface area contributed by atoms with Gasteiger partial charge in [-0.3, -0.25) is 9.69 Å². The molecule has 0 unspecified atom stereocenters. The van der Waals surface area contributed by atoms with Crippen LogP contribution in [0.3, 0.4) is 0 Å². The van der Waals surface area contributed by atoms with Gasteiger partial charge < -0.3 is 10.4 Å². The van der Waals surface area contributed by atoms with Gasteiger partial charge >= 0.3 is 5.97 Å². The maximum absolute atomic E-state index is 12.5. The summed E-state index contributed by atoms with van der Waals surface area (Å²) >= 11 is 1.23. The van der Waals surface area contributed by atoms with Crippen LogP contribution in [-0.2, 0) is 6.54 Å². The molecule has 128 valence electrons. The molecular formula is C18H22N2O3S. The molecule has 0 aliphatic heterocycles. The average molecular weight is 346 g/mol. The van der Waals surface area contributed by atoms with Gasteiger partial charge in [0.15, 0.2) is 0 Å². The molecule has 5 nitrogen and oxygen atoms in total. The first kappa shape index (κ1) is 18.2. The molecule has 0 fully saturated rings. The van der Waals surface area contributed by atoms with Crippen molar-refractivity contribution >= 4 is 28.2 Å². The first-order valence-corrected chi connectivity index (χ1v) is 8.78. The first-order valence-electron chi connectivity index (χ1n) is 7.90. The molecular weight excluding hydrogens is 324 g/mol. The van der Waals surface area contributed by atoms with Crippen LogP contribution in [0.1, 0.15) is 45.7 Å². The van der Waals surface area contributed by atoms with Crippen molar-refractivity contribution in [1.82, 2.24) is 4.90 Å². The zero-order chi connectivity index (χ0) is 17.7. The molecule has 0 saturated heterocycles. The van der Waals surface area contributed by atoms with Crippen LogP contribution in [0.15, 0.2) is 29.6 Å². The minimum Gasteiger partial charge on any atom is -0.478 e. The number of aromatic carboxylic acids is 1. The van der Waals surface area contributed by atoms with Gasteiger partial charge in [0.1, 0.15) is 5.00 Å². The number of benzene rings is 1. The predicted octanol–water partition coefficient (Wildman–Crippen LogP) is 3.85. The van der Waals surface area contributed by atoms with Crippen LogP contribution in [0.2, 0.25) is 0 Å². The van der Waals surface area contributed by atoms with E-state index >= 15 is 0 Å². The summed E-state index contributed by atoms with van der Waals surface area (Å²) in [6.07, 6.45) is 0. The van der Waals surface area contributed by atoms with E-state index in [2.05, 4.69) is 24.1 Å². The topological polar surface area (TPSA) is 69.6 Å². The molecule has 0 aliphatic carbocycles. The molecule has 0 radical (unpaired) electrons. The number of carbonyl (C=O) groups excluding carboxylic acids is 1. The van der Waals surface area contributed by atoms with E-state index in [1.165, 1.54) is 11.3 Å². The van der Waals surface area contributed by atoms with E-state index in [9.17, 15) is 14.7 Å². The lowest BCUT2D eigenvalue weighted by atomic mass is 10.1. The Kier molecular flexibility index (Phi) is 6.11. The summed E-state index contributed by atoms with van der Waals surface area (Å²) in [6.45, 7) is 8.61. The van der Waals surface area contributed by atoms with E-state index in [4.69, 9.17) is 0 Å². The molecule has 0 aliphatic rings. The Morgan fingerprint density at radius 1 is 1.25 bits per heavy atom. The van der Waals surface area contributed by atoms with E-state index in [0.717, 1.165) is 25.2 Å². The lowest BCUT2D eigenvalue weighted by molar-refractivity contribution is 0.0698. The second kappa shape index (κ2) is 8.08. The maximum Gasteiger partial charge on any atom is 0.338 e. The lowest BCUT2D eigenvalue weighted by Crippen LogP contribution is -2.22. The standard InChI is InChI=1S/C18H22N2O3S/c1-4-20(5-2)10-13-7-6-8-14(9-13)16(21)19-17-15(18(22)23)12(3)11-24-17/h6-9,11H,4-5,10H2,1-3H3,(H,19,21)(H,22,23). The van der Waals surface area contributed by atoms with Crippen molar-refractivity contribution in [1.29, 1.82) is 0 Å². The Morgan fingerprint density at radius 3 is 2.58 bits per heavy atom. The normalized spacial score (nSPS) is 10.8. The number of hydrogen-bond acceptors (Lipinski definition) is 4. The number of nitrogens with zero attached hydrogens (tertiary/aromatic N) is 1. The van der Waals surface area contributed by atoms with E-state index in [-0.39, 0.29) is 11.5 Å². The van der Waals surface area contributed by atoms with Crippen molar-refractivity contribution in [2.45, 2.75) is 27.3 Å². The van der Waals surface area contributed by atoms with Gasteiger partial charge in [-0.25, -0.2) is 4.79 Å². The number of carbonyl (C=O) groups is 2. The Hall–Kier alpha value is -2.18. The Balaban J connectivity index is 2.17. The highest BCUT2D eigenvalue weighted by Crippen LogP contribution is 2.28. The summed E-state index contributed by atoms with van der Waals surface area (Å²) in [4.78, 5) is 26.0. The zero-order valence-electron chi connectivity index (χ0n) is 14.1. The van der Waals surface area contributed by atoms with Gasteiger partial charge in [0, 0.05) is 12.1 Å². The van der Waals surface area contributed by atoms with Gasteiger partial charge in [-0.05, 0) is 48.7 Å². The summed E-state index contributed by atoms with van der Waals surface area (Å²) in [5, 5.41) is 14.1. The number of anilines is 1. The van der Waals surface area contributed by atoms with Crippen LogP contribution in [0.25, 0.3) is 0 Å². The largest absolute Gasteiger partial charge is 0.478 e. The van der Waals surface area contributed by atoms with Gasteiger partial charge in [0.25, 0.3) is 5.91 Å². The highest BCUT2D eigenvalue weighted by molar-refractivity contribution is 7.15. The monoisotopic (exact) mass is 346 g/mol. The Morgan fingerprint density at radius 2 is 1.96 bits per heavy atom. The van der Waals surface area contributed by atoms with Gasteiger partial charge in [-0.1, -0.05) is 26.0 Å². The molecule has 0 bridgehead atoms. The predicted molar refractivity (Wildman–Crippen MR) is 97.0 cm³/mol. The van der Waals surface area contributed by atoms with Crippen LogP contribution in [0.5, 0.6) is 0 Å². The molecule has 24 heavy (non-hydrogen) atoms. The molecule has 1 aromatic heterocycles. The quantitative estimate of drug-likeness (QED) is 0.799. The second-order valence-electron chi connectivity index (χ2n) is 5.54. The molecule has 0 atom stereocenters. The van der Waals surface area contributed by atoms with Crippen molar-refractivity contribution in [2.75, 3.05) is 18.4 Å². The fourth-order valence-corrected chi connectivity index (χ4v) is 3.42. The zero-order valence-corrected chi connectivity index (χ0v) is 14.9. The SMILES string of the molecule is CCN(CC)Cc1cccc(C(=O)Nc2scc(C)c2C(=O)O)c1. The third-order valence-corrected chi connectivity index (χ3v) is 4.92. The number of rotatable bonds is 7. The fraction of sp³-hybridized carbons (Fsp3) is 0.333. The van der Waals surface area contributed by atoms with E-state index in [1.54, 1.807) is 18.4 Å². The number of thiophene rings is 1. The van der Waals surface area contributed by atoms with E-state index in [0.29, 0.717) is 16.1 Å². The Bertz CT molecular complexity index is 736. The summed E-state index contributed by atoms with van der Waals surface area (Å²) in [6, 6.07) is 7.44. The number of carboxylic acids is 1. The van der Waals surface area contributed by atoms with Crippen LogP contribution < -0.4 is 5.32 Å². The van der Waals surface area contributed by atoms with Gasteiger partial charge in [-0.2, -0.15) is 0 Å². The molecule has 0 saturated carbocycles. The molecule has 0 spiro atoms. The van der Waals surface area contributed by atoms with Gasteiger partial charge in [0.05, 0.1) is 5.56 Å². The van der Waals surface area contributed by atoms with Crippen molar-refractivity contribution in [3.05, 3.63) is 51.9 Å². The summed E-state index contributed by atoms with van der Waals surface area (Å²) in [5.41, 5.74) is 2.40. The lowest BCUT2D eigenvalue weighted by Gasteiger charge is -2.18. The highest BCUT2D eigenvalue weighted by Gasteiger charge is 2.18. The average Bonchev–Trinajstić information content (AvgIpc) is 2.93. The highest BCUT2D eigenvalue weighted by atomic mass is 32.1. The first-order chi connectivity index (χ1) is 11.5. The van der Waals surface area contributed by atoms with Crippen LogP contribution >= 0.6 is 11.3 Å². The third kappa shape index (κ3) is 4.21. The molecule has 1 amide bonds. The number of nitrogens with one attached hydrogen (secondary N) is 1. The minimum atomic E-state index is -1.03. The second-order valence-corrected chi connectivity index (χ2v) is 6.42. The summed E-state index contributed by atoms with van der Waals surface area (Å²) in [5.74, 6) is -1.32. The van der Waals surface area contributed by atoms with Crippen molar-refractivity contribution in [3.63, 3.8) is 0 Å². The van der Waals surface area contributed by atoms with Crippen LogP contribution in [-0.4, -0.2) is 35.0 Å². The fourth-order valence-electron chi connectivity index (χ4n) is 2.49. The van der Waals surface area contributed by atoms with Crippen molar-refractivity contribution in [3.8, 4) is 0 Å². The number of amides is 1. The van der Waals surface area contributed by atoms with Crippen LogP contribution in [0, 0.1) is 6.92 Å². The van der Waals surface area contributed by atoms with Crippen LogP contribution in [0.4, 0.5) is 5.00 Å². The van der Waals surface area contributed by atoms with Gasteiger partial charge in [0.2, 0.25) is 0 Å². The molecule has 1 heterocycles. The molecule has 1 aromatic carbocycles. The molecule has 2 aromatic rings. The van der Waals surface area contributed by atoms with E-state index < -0.39 is 5.97 Å². The molecule has 6 heteroatoms. The number of carboxylic acid groups (broad SMARTS) is 1. The maximum atomic E-state index is 12.5. The third-order valence-electron chi connectivity index (χ3n) is 3.91. The Labute approximate surface area is 145 Å². The minimum absolute atomic E-state index is 0.160. The van der Waals surface area contributed by atoms with E-state index in [1.807, 2.05) is 18.2 Å². The van der Waals surface area contributed by atoms with Crippen molar-refractivity contribution in [2.24, 2.45) is 0 Å².